The summed E-state index contributed by atoms with van der Waals surface area (Å²) in [6.45, 7) is 3.73. The van der Waals surface area contributed by atoms with Crippen molar-refractivity contribution < 1.29 is 28.6 Å². The van der Waals surface area contributed by atoms with Gasteiger partial charge in [-0.1, -0.05) is 24.3 Å². The van der Waals surface area contributed by atoms with E-state index >= 15 is 0 Å². The number of methoxy groups -OCH3 is 1. The van der Waals surface area contributed by atoms with Crippen LogP contribution >= 0.6 is 0 Å². The zero-order chi connectivity index (χ0) is 21.9. The van der Waals surface area contributed by atoms with Crippen LogP contribution in [0.4, 0.5) is 0 Å². The third kappa shape index (κ3) is 6.66. The lowest BCUT2D eigenvalue weighted by atomic mass is 10.2. The summed E-state index contributed by atoms with van der Waals surface area (Å²) in [7, 11) is 1.54. The monoisotopic (exact) mass is 412 g/mol. The van der Waals surface area contributed by atoms with Crippen LogP contribution in [0, 0.1) is 0 Å². The maximum atomic E-state index is 12.0. The lowest BCUT2D eigenvalue weighted by Crippen LogP contribution is -2.46. The molecule has 0 bridgehead atoms. The highest BCUT2D eigenvalue weighted by molar-refractivity contribution is 5.96. The molecule has 2 aromatic carbocycles. The molecule has 0 spiro atoms. The fourth-order valence-corrected chi connectivity index (χ4v) is 2.38. The summed E-state index contributed by atoms with van der Waals surface area (Å²) in [4.78, 5) is 35.9. The number of nitrogens with one attached hydrogen (secondary N) is 2. The zero-order valence-electron chi connectivity index (χ0n) is 17.0. The van der Waals surface area contributed by atoms with Crippen LogP contribution in [0.2, 0.25) is 0 Å². The van der Waals surface area contributed by atoms with Crippen molar-refractivity contribution in [1.29, 1.82) is 0 Å². The van der Waals surface area contributed by atoms with Crippen molar-refractivity contribution in [2.45, 2.75) is 20.0 Å². The van der Waals surface area contributed by atoms with Crippen LogP contribution in [-0.4, -0.2) is 37.6 Å². The lowest BCUT2D eigenvalue weighted by molar-refractivity contribution is -0.150. The van der Waals surface area contributed by atoms with Gasteiger partial charge in [0.05, 0.1) is 13.7 Å². The van der Waals surface area contributed by atoms with Crippen molar-refractivity contribution in [3.63, 3.8) is 0 Å². The van der Waals surface area contributed by atoms with Gasteiger partial charge in [-0.05, 0) is 49.8 Å². The van der Waals surface area contributed by atoms with Gasteiger partial charge in [0, 0.05) is 11.6 Å². The van der Waals surface area contributed by atoms with Gasteiger partial charge in [-0.15, -0.1) is 0 Å². The molecule has 2 rings (SSSR count). The molecular weight excluding hydrogens is 388 g/mol. The number of rotatable bonds is 8. The summed E-state index contributed by atoms with van der Waals surface area (Å²) >= 11 is 0. The summed E-state index contributed by atoms with van der Waals surface area (Å²) in [5, 5.41) is 0. The molecular formula is C22H24N2O6. The van der Waals surface area contributed by atoms with Crippen LogP contribution in [0.15, 0.2) is 54.6 Å². The van der Waals surface area contributed by atoms with Crippen LogP contribution < -0.4 is 20.3 Å². The van der Waals surface area contributed by atoms with Gasteiger partial charge in [0.15, 0.2) is 17.6 Å². The molecule has 0 unspecified atom stereocenters. The molecule has 0 aliphatic rings. The third-order valence-corrected chi connectivity index (χ3v) is 3.90. The summed E-state index contributed by atoms with van der Waals surface area (Å²) in [6.07, 6.45) is 1.63. The molecule has 0 radical (unpaired) electrons. The maximum Gasteiger partial charge on any atom is 0.331 e. The molecule has 8 heteroatoms. The lowest BCUT2D eigenvalue weighted by Gasteiger charge is -2.13. The van der Waals surface area contributed by atoms with E-state index in [2.05, 4.69) is 10.9 Å². The Kier molecular flexibility index (Phi) is 8.43. The Morgan fingerprint density at radius 3 is 2.43 bits per heavy atom. The van der Waals surface area contributed by atoms with Crippen LogP contribution in [0.5, 0.6) is 11.5 Å². The van der Waals surface area contributed by atoms with Crippen LogP contribution in [0.25, 0.3) is 6.08 Å². The van der Waals surface area contributed by atoms with Crippen molar-refractivity contribution >= 4 is 23.9 Å². The van der Waals surface area contributed by atoms with Gasteiger partial charge >= 0.3 is 5.97 Å². The molecule has 0 aliphatic heterocycles. The van der Waals surface area contributed by atoms with E-state index in [0.29, 0.717) is 29.2 Å². The smallest absolute Gasteiger partial charge is 0.331 e. The van der Waals surface area contributed by atoms with E-state index in [1.807, 2.05) is 6.92 Å². The number of amides is 2. The highest BCUT2D eigenvalue weighted by Crippen LogP contribution is 2.28. The second-order valence-electron chi connectivity index (χ2n) is 6.07. The fourth-order valence-electron chi connectivity index (χ4n) is 2.38. The largest absolute Gasteiger partial charge is 0.493 e. The zero-order valence-corrected chi connectivity index (χ0v) is 17.0. The van der Waals surface area contributed by atoms with Crippen LogP contribution in [0.3, 0.4) is 0 Å². The normalized spacial score (nSPS) is 11.4. The molecule has 2 N–H and O–H groups in total. The number of hydrogen-bond acceptors (Lipinski definition) is 6. The molecule has 2 aromatic rings. The first-order valence-electron chi connectivity index (χ1n) is 9.29. The first-order valence-corrected chi connectivity index (χ1v) is 9.29. The predicted octanol–water partition coefficient (Wildman–Crippen LogP) is 2.50. The van der Waals surface area contributed by atoms with E-state index in [1.54, 1.807) is 55.6 Å². The summed E-state index contributed by atoms with van der Waals surface area (Å²) in [5.41, 5.74) is 5.57. The van der Waals surface area contributed by atoms with Crippen molar-refractivity contribution in [2.24, 2.45) is 0 Å². The number of ether oxygens (including phenoxy) is 3. The quantitative estimate of drug-likeness (QED) is 0.392. The maximum absolute atomic E-state index is 12.0. The Labute approximate surface area is 174 Å². The fraction of sp³-hybridized carbons (Fsp3) is 0.227. The molecule has 8 nitrogen and oxygen atoms in total. The highest BCUT2D eigenvalue weighted by Gasteiger charge is 2.17. The van der Waals surface area contributed by atoms with Gasteiger partial charge in [-0.2, -0.15) is 0 Å². The summed E-state index contributed by atoms with van der Waals surface area (Å²) in [6, 6.07) is 13.6. The Morgan fingerprint density at radius 2 is 1.77 bits per heavy atom. The predicted molar refractivity (Wildman–Crippen MR) is 111 cm³/mol. The summed E-state index contributed by atoms with van der Waals surface area (Å²) in [5.74, 6) is -0.714. The van der Waals surface area contributed by atoms with Gasteiger partial charge in [0.2, 0.25) is 0 Å². The van der Waals surface area contributed by atoms with E-state index in [1.165, 1.54) is 19.1 Å². The first kappa shape index (κ1) is 22.5. The Balaban J connectivity index is 1.87. The summed E-state index contributed by atoms with van der Waals surface area (Å²) < 4.78 is 15.7. The van der Waals surface area contributed by atoms with Crippen LogP contribution in [-0.2, 0) is 14.3 Å². The SMILES string of the molecule is CCOc1cc(/C=C/C(=O)O[C@H](C)C(=O)NNC(=O)c2ccccc2)ccc1OC. The van der Waals surface area contributed by atoms with Crippen molar-refractivity contribution in [3.05, 3.63) is 65.7 Å². The highest BCUT2D eigenvalue weighted by atomic mass is 16.5. The Hall–Kier alpha value is -3.81. The number of hydrogen-bond donors (Lipinski definition) is 2. The number of esters is 1. The Morgan fingerprint density at radius 1 is 1.03 bits per heavy atom. The van der Waals surface area contributed by atoms with E-state index in [-0.39, 0.29) is 0 Å². The molecule has 0 aromatic heterocycles. The molecule has 2 amide bonds. The molecule has 0 fully saturated rings. The van der Waals surface area contributed by atoms with Gasteiger partial charge in [0.25, 0.3) is 11.8 Å². The van der Waals surface area contributed by atoms with Gasteiger partial charge in [-0.25, -0.2) is 4.79 Å². The molecule has 0 heterocycles. The second-order valence-corrected chi connectivity index (χ2v) is 6.07. The average Bonchev–Trinajstić information content (AvgIpc) is 2.76. The second kappa shape index (κ2) is 11.3. The molecule has 0 aliphatic carbocycles. The molecule has 1 atom stereocenters. The van der Waals surface area contributed by atoms with Crippen molar-refractivity contribution in [2.75, 3.05) is 13.7 Å². The minimum atomic E-state index is -1.10. The Bertz CT molecular complexity index is 911. The molecule has 0 saturated heterocycles. The van der Waals surface area contributed by atoms with Crippen molar-refractivity contribution in [1.82, 2.24) is 10.9 Å². The van der Waals surface area contributed by atoms with Gasteiger partial charge in [0.1, 0.15) is 0 Å². The molecule has 0 saturated carbocycles. The average molecular weight is 412 g/mol. The van der Waals surface area contributed by atoms with Crippen LogP contribution in [0.1, 0.15) is 29.8 Å². The van der Waals surface area contributed by atoms with E-state index < -0.39 is 23.9 Å². The van der Waals surface area contributed by atoms with Crippen molar-refractivity contribution in [3.8, 4) is 11.5 Å². The number of carbonyl (C=O) groups is 3. The number of carbonyl (C=O) groups excluding carboxylic acids is 3. The number of benzene rings is 2. The van der Waals surface area contributed by atoms with E-state index in [9.17, 15) is 14.4 Å². The van der Waals surface area contributed by atoms with Gasteiger partial charge < -0.3 is 14.2 Å². The number of hydrazine groups is 1. The minimum absolute atomic E-state index is 0.385. The standard InChI is InChI=1S/C22H24N2O6/c1-4-29-19-14-16(10-12-18(19)28-3)11-13-20(25)30-15(2)21(26)23-24-22(27)17-8-6-5-7-9-17/h5-15H,4H2,1-3H3,(H,23,26)(H,24,27)/b13-11+/t15-/m1/s1. The van der Waals surface area contributed by atoms with E-state index in [4.69, 9.17) is 14.2 Å². The molecule has 30 heavy (non-hydrogen) atoms. The minimum Gasteiger partial charge on any atom is -0.493 e. The topological polar surface area (TPSA) is 103 Å². The first-order chi connectivity index (χ1) is 14.4. The molecule has 158 valence electrons. The third-order valence-electron chi connectivity index (χ3n) is 3.90. The van der Waals surface area contributed by atoms with E-state index in [0.717, 1.165) is 0 Å². The van der Waals surface area contributed by atoms with Gasteiger partial charge in [-0.3, -0.25) is 20.4 Å².